The van der Waals surface area contributed by atoms with E-state index in [-0.39, 0.29) is 36.8 Å². The van der Waals surface area contributed by atoms with E-state index in [0.717, 1.165) is 32.0 Å². The Hall–Kier alpha value is -1.21. The van der Waals surface area contributed by atoms with Gasteiger partial charge in [-0.1, -0.05) is 12.8 Å². The molecule has 3 rings (SSSR count). The predicted octanol–water partition coefficient (Wildman–Crippen LogP) is 3.01. The SMILES string of the molecule is COc1cc(C(=O)NCCN)ccc1OC1CCN(C2CCCC2)CC1.Cl.Cl. The Bertz CT molecular complexity index is 604. The van der Waals surface area contributed by atoms with E-state index >= 15 is 0 Å². The number of nitrogens with two attached hydrogens (primary N) is 1. The van der Waals surface area contributed by atoms with Gasteiger partial charge in [0.2, 0.25) is 0 Å². The number of nitrogens with one attached hydrogen (secondary N) is 1. The van der Waals surface area contributed by atoms with Gasteiger partial charge in [-0.25, -0.2) is 0 Å². The second-order valence-corrected chi connectivity index (χ2v) is 7.20. The summed E-state index contributed by atoms with van der Waals surface area (Å²) in [6.45, 7) is 3.09. The van der Waals surface area contributed by atoms with Crippen molar-refractivity contribution in [1.82, 2.24) is 10.2 Å². The predicted molar refractivity (Wildman–Crippen MR) is 116 cm³/mol. The van der Waals surface area contributed by atoms with Crippen molar-refractivity contribution < 1.29 is 14.3 Å². The highest BCUT2D eigenvalue weighted by Crippen LogP contribution is 2.32. The van der Waals surface area contributed by atoms with Crippen LogP contribution in [0.1, 0.15) is 48.9 Å². The zero-order valence-corrected chi connectivity index (χ0v) is 18.2. The molecule has 2 aliphatic rings. The number of hydrogen-bond acceptors (Lipinski definition) is 5. The minimum absolute atomic E-state index is 0. The number of methoxy groups -OCH3 is 1. The van der Waals surface area contributed by atoms with Gasteiger partial charge >= 0.3 is 0 Å². The zero-order valence-electron chi connectivity index (χ0n) is 16.5. The van der Waals surface area contributed by atoms with E-state index in [4.69, 9.17) is 15.2 Å². The van der Waals surface area contributed by atoms with Crippen molar-refractivity contribution in [1.29, 1.82) is 0 Å². The normalized spacial score (nSPS) is 18.1. The summed E-state index contributed by atoms with van der Waals surface area (Å²) < 4.78 is 11.6. The lowest BCUT2D eigenvalue weighted by Gasteiger charge is -2.36. The van der Waals surface area contributed by atoms with Crippen LogP contribution in [0.5, 0.6) is 11.5 Å². The molecule has 1 aliphatic heterocycles. The average molecular weight is 434 g/mol. The average Bonchev–Trinajstić information content (AvgIpc) is 3.21. The summed E-state index contributed by atoms with van der Waals surface area (Å²) in [6.07, 6.45) is 7.75. The quantitative estimate of drug-likeness (QED) is 0.690. The van der Waals surface area contributed by atoms with Gasteiger partial charge in [0.25, 0.3) is 5.91 Å². The third-order valence-electron chi connectivity index (χ3n) is 5.47. The van der Waals surface area contributed by atoms with Crippen LogP contribution in [0.15, 0.2) is 18.2 Å². The van der Waals surface area contributed by atoms with Crippen molar-refractivity contribution in [3.63, 3.8) is 0 Å². The maximum absolute atomic E-state index is 12.1. The van der Waals surface area contributed by atoms with Gasteiger partial charge in [-0.05, 0) is 43.9 Å². The summed E-state index contributed by atoms with van der Waals surface area (Å²) in [5.74, 6) is 1.16. The van der Waals surface area contributed by atoms with E-state index in [1.165, 1.54) is 25.7 Å². The van der Waals surface area contributed by atoms with Gasteiger partial charge < -0.3 is 25.4 Å². The minimum atomic E-state index is -0.148. The molecule has 6 nitrogen and oxygen atoms in total. The molecule has 0 aromatic heterocycles. The van der Waals surface area contributed by atoms with Crippen molar-refractivity contribution in [2.24, 2.45) is 5.73 Å². The van der Waals surface area contributed by atoms with Gasteiger partial charge in [0, 0.05) is 37.8 Å². The number of amides is 1. The summed E-state index contributed by atoms with van der Waals surface area (Å²) in [5, 5.41) is 2.77. The fourth-order valence-electron chi connectivity index (χ4n) is 4.00. The summed E-state index contributed by atoms with van der Waals surface area (Å²) in [4.78, 5) is 14.7. The van der Waals surface area contributed by atoms with Gasteiger partial charge in [0.15, 0.2) is 11.5 Å². The topological polar surface area (TPSA) is 76.8 Å². The fourth-order valence-corrected chi connectivity index (χ4v) is 4.00. The summed E-state index contributed by atoms with van der Waals surface area (Å²) >= 11 is 0. The Morgan fingerprint density at radius 1 is 1.14 bits per heavy atom. The molecule has 28 heavy (non-hydrogen) atoms. The van der Waals surface area contributed by atoms with Gasteiger partial charge in [-0.15, -0.1) is 24.8 Å². The number of carbonyl (C=O) groups excluding carboxylic acids is 1. The van der Waals surface area contributed by atoms with E-state index in [2.05, 4.69) is 10.2 Å². The molecular formula is C20H33Cl2N3O3. The minimum Gasteiger partial charge on any atom is -0.493 e. The Morgan fingerprint density at radius 3 is 2.43 bits per heavy atom. The summed E-state index contributed by atoms with van der Waals surface area (Å²) in [7, 11) is 1.60. The number of rotatable bonds is 7. The van der Waals surface area contributed by atoms with Crippen LogP contribution in [0.25, 0.3) is 0 Å². The smallest absolute Gasteiger partial charge is 0.251 e. The zero-order chi connectivity index (χ0) is 18.4. The third kappa shape index (κ3) is 6.41. The highest BCUT2D eigenvalue weighted by atomic mass is 35.5. The van der Waals surface area contributed by atoms with Gasteiger partial charge in [-0.3, -0.25) is 4.79 Å². The molecule has 3 N–H and O–H groups in total. The van der Waals surface area contributed by atoms with E-state index in [0.29, 0.717) is 30.2 Å². The van der Waals surface area contributed by atoms with E-state index in [9.17, 15) is 4.79 Å². The Balaban J connectivity index is 0.00000196. The first kappa shape index (κ1) is 24.8. The van der Waals surface area contributed by atoms with Crippen LogP contribution < -0.4 is 20.5 Å². The largest absolute Gasteiger partial charge is 0.493 e. The third-order valence-corrected chi connectivity index (χ3v) is 5.47. The van der Waals surface area contributed by atoms with E-state index < -0.39 is 0 Å². The number of benzene rings is 1. The molecule has 1 amide bonds. The molecule has 0 radical (unpaired) electrons. The second-order valence-electron chi connectivity index (χ2n) is 7.20. The molecule has 1 saturated carbocycles. The number of hydrogen-bond donors (Lipinski definition) is 2. The molecule has 0 unspecified atom stereocenters. The molecule has 160 valence electrons. The molecule has 8 heteroatoms. The molecule has 0 spiro atoms. The maximum Gasteiger partial charge on any atom is 0.251 e. The van der Waals surface area contributed by atoms with E-state index in [1.54, 1.807) is 19.2 Å². The standard InChI is InChI=1S/C20H31N3O3.2ClH/c1-25-19-14-15(20(24)22-11-10-21)6-7-18(19)26-17-8-12-23(13-9-17)16-4-2-3-5-16;;/h6-7,14,16-17H,2-5,8-13,21H2,1H3,(H,22,24);2*1H. The van der Waals surface area contributed by atoms with Crippen LogP contribution in [0.3, 0.4) is 0 Å². The van der Waals surface area contributed by atoms with Gasteiger partial charge in [0.05, 0.1) is 7.11 Å². The van der Waals surface area contributed by atoms with E-state index in [1.807, 2.05) is 6.07 Å². The lowest BCUT2D eigenvalue weighted by molar-refractivity contribution is 0.0750. The summed E-state index contributed by atoms with van der Waals surface area (Å²) in [6, 6.07) is 6.13. The van der Waals surface area contributed by atoms with Crippen LogP contribution in [-0.4, -0.2) is 56.2 Å². The first-order valence-electron chi connectivity index (χ1n) is 9.78. The molecule has 0 atom stereocenters. The van der Waals surface area contributed by atoms with Crippen LogP contribution >= 0.6 is 24.8 Å². The van der Waals surface area contributed by atoms with Crippen molar-refractivity contribution in [3.05, 3.63) is 23.8 Å². The van der Waals surface area contributed by atoms with Crippen molar-refractivity contribution in [3.8, 4) is 11.5 Å². The lowest BCUT2D eigenvalue weighted by Crippen LogP contribution is -2.43. The second kappa shape index (κ2) is 12.4. The number of ether oxygens (including phenoxy) is 2. The maximum atomic E-state index is 12.1. The number of piperidine rings is 1. The summed E-state index contributed by atoms with van der Waals surface area (Å²) in [5.41, 5.74) is 5.98. The molecule has 1 aromatic carbocycles. The number of carbonyl (C=O) groups is 1. The molecule has 2 fully saturated rings. The molecule has 0 bridgehead atoms. The van der Waals surface area contributed by atoms with Crippen LogP contribution in [-0.2, 0) is 0 Å². The van der Waals surface area contributed by atoms with Crippen molar-refractivity contribution in [2.75, 3.05) is 33.3 Å². The Morgan fingerprint density at radius 2 is 1.82 bits per heavy atom. The lowest BCUT2D eigenvalue weighted by atomic mass is 10.0. The monoisotopic (exact) mass is 433 g/mol. The molecular weight excluding hydrogens is 401 g/mol. The first-order valence-corrected chi connectivity index (χ1v) is 9.78. The van der Waals surface area contributed by atoms with Crippen LogP contribution in [0.4, 0.5) is 0 Å². The Labute approximate surface area is 180 Å². The van der Waals surface area contributed by atoms with Crippen LogP contribution in [0.2, 0.25) is 0 Å². The highest BCUT2D eigenvalue weighted by Gasteiger charge is 2.28. The number of halogens is 2. The first-order chi connectivity index (χ1) is 12.7. The fraction of sp³-hybridized carbons (Fsp3) is 0.650. The number of likely N-dealkylation sites (tertiary alicyclic amines) is 1. The molecule has 1 aliphatic carbocycles. The molecule has 1 aromatic rings. The van der Waals surface area contributed by atoms with Crippen LogP contribution in [0, 0.1) is 0 Å². The van der Waals surface area contributed by atoms with Crippen molar-refractivity contribution in [2.45, 2.75) is 50.7 Å². The molecule has 1 heterocycles. The molecule has 1 saturated heterocycles. The van der Waals surface area contributed by atoms with Gasteiger partial charge in [0.1, 0.15) is 6.10 Å². The van der Waals surface area contributed by atoms with Crippen molar-refractivity contribution >= 4 is 30.7 Å². The van der Waals surface area contributed by atoms with Gasteiger partial charge in [-0.2, -0.15) is 0 Å². The number of nitrogens with zero attached hydrogens (tertiary/aromatic N) is 1. The Kier molecular flexibility index (Phi) is 11.0. The highest BCUT2D eigenvalue weighted by molar-refractivity contribution is 5.94.